The summed E-state index contributed by atoms with van der Waals surface area (Å²) in [7, 11) is -1.42. The van der Waals surface area contributed by atoms with E-state index in [0.717, 1.165) is 11.4 Å². The average molecular weight is 329 g/mol. The number of unbranched alkanes of at least 4 members (excludes halogenated alkanes) is 3. The molecule has 2 aromatic rings. The fourth-order valence-corrected chi connectivity index (χ4v) is 3.78. The van der Waals surface area contributed by atoms with Crippen molar-refractivity contribution in [2.24, 2.45) is 0 Å². The summed E-state index contributed by atoms with van der Waals surface area (Å²) < 4.78 is 0. The standard InChI is InChI=1S/C19H22BClO2/c1-2-3-4-5-6-15-18-11-13(20(22)23)7-9-16(18)17-10-8-14(21)12-19(15)17/h7-12,15,22-23H,2-6H2,1H3. The Morgan fingerprint density at radius 1 is 0.957 bits per heavy atom. The van der Waals surface area contributed by atoms with E-state index in [4.69, 9.17) is 11.6 Å². The Morgan fingerprint density at radius 2 is 1.65 bits per heavy atom. The molecule has 2 aromatic carbocycles. The maximum absolute atomic E-state index is 9.48. The topological polar surface area (TPSA) is 40.5 Å². The molecule has 0 aliphatic heterocycles. The summed E-state index contributed by atoms with van der Waals surface area (Å²) in [6.07, 6.45) is 5.98. The molecule has 0 saturated heterocycles. The largest absolute Gasteiger partial charge is 0.488 e. The van der Waals surface area contributed by atoms with Crippen LogP contribution in [0.3, 0.4) is 0 Å². The Bertz CT molecular complexity index is 700. The Labute approximate surface area is 143 Å². The van der Waals surface area contributed by atoms with Gasteiger partial charge in [-0.05, 0) is 46.3 Å². The van der Waals surface area contributed by atoms with Crippen molar-refractivity contribution in [2.45, 2.75) is 44.9 Å². The first-order valence-corrected chi connectivity index (χ1v) is 8.79. The summed E-state index contributed by atoms with van der Waals surface area (Å²) in [5, 5.41) is 19.7. The zero-order valence-electron chi connectivity index (χ0n) is 13.4. The first-order chi connectivity index (χ1) is 11.1. The molecule has 23 heavy (non-hydrogen) atoms. The highest BCUT2D eigenvalue weighted by Crippen LogP contribution is 2.47. The molecule has 2 nitrogen and oxygen atoms in total. The van der Waals surface area contributed by atoms with Gasteiger partial charge in [-0.15, -0.1) is 0 Å². The van der Waals surface area contributed by atoms with E-state index in [1.54, 1.807) is 6.07 Å². The van der Waals surface area contributed by atoms with Crippen molar-refractivity contribution in [2.75, 3.05) is 0 Å². The lowest BCUT2D eigenvalue weighted by Gasteiger charge is -2.14. The highest BCUT2D eigenvalue weighted by Gasteiger charge is 2.29. The van der Waals surface area contributed by atoms with Crippen LogP contribution in [-0.2, 0) is 0 Å². The van der Waals surface area contributed by atoms with E-state index in [1.165, 1.54) is 47.9 Å². The first-order valence-electron chi connectivity index (χ1n) is 8.41. The first kappa shape index (κ1) is 16.6. The Hall–Kier alpha value is -1.29. The number of rotatable bonds is 6. The smallest absolute Gasteiger partial charge is 0.423 e. The van der Waals surface area contributed by atoms with Crippen molar-refractivity contribution in [3.05, 3.63) is 52.5 Å². The number of hydrogen-bond acceptors (Lipinski definition) is 2. The molecule has 1 atom stereocenters. The van der Waals surface area contributed by atoms with Crippen LogP contribution in [0.25, 0.3) is 11.1 Å². The van der Waals surface area contributed by atoms with Crippen LogP contribution in [0, 0.1) is 0 Å². The van der Waals surface area contributed by atoms with E-state index in [0.29, 0.717) is 11.4 Å². The molecule has 0 saturated carbocycles. The van der Waals surface area contributed by atoms with Crippen molar-refractivity contribution in [1.82, 2.24) is 0 Å². The maximum atomic E-state index is 9.48. The highest BCUT2D eigenvalue weighted by molar-refractivity contribution is 6.58. The van der Waals surface area contributed by atoms with Gasteiger partial charge in [0.25, 0.3) is 0 Å². The molecular formula is C19H22BClO2. The van der Waals surface area contributed by atoms with E-state index in [1.807, 2.05) is 18.2 Å². The van der Waals surface area contributed by atoms with Gasteiger partial charge in [-0.2, -0.15) is 0 Å². The third-order valence-corrected chi connectivity index (χ3v) is 5.01. The van der Waals surface area contributed by atoms with E-state index in [-0.39, 0.29) is 0 Å². The molecule has 0 aromatic heterocycles. The second-order valence-electron chi connectivity index (χ2n) is 6.35. The molecule has 0 heterocycles. The van der Waals surface area contributed by atoms with Crippen molar-refractivity contribution in [1.29, 1.82) is 0 Å². The summed E-state index contributed by atoms with van der Waals surface area (Å²) in [6, 6.07) is 11.8. The van der Waals surface area contributed by atoms with Crippen molar-refractivity contribution in [3.63, 3.8) is 0 Å². The lowest BCUT2D eigenvalue weighted by molar-refractivity contribution is 0.425. The zero-order chi connectivity index (χ0) is 16.4. The average Bonchev–Trinajstić information content (AvgIpc) is 2.84. The molecule has 0 bridgehead atoms. The van der Waals surface area contributed by atoms with Crippen LogP contribution in [0.1, 0.15) is 56.1 Å². The van der Waals surface area contributed by atoms with Gasteiger partial charge >= 0.3 is 7.12 Å². The van der Waals surface area contributed by atoms with Crippen LogP contribution >= 0.6 is 11.6 Å². The van der Waals surface area contributed by atoms with Crippen molar-refractivity contribution < 1.29 is 10.0 Å². The van der Waals surface area contributed by atoms with Crippen molar-refractivity contribution in [3.8, 4) is 11.1 Å². The van der Waals surface area contributed by atoms with Gasteiger partial charge in [-0.3, -0.25) is 0 Å². The fourth-order valence-electron chi connectivity index (χ4n) is 3.60. The lowest BCUT2D eigenvalue weighted by Crippen LogP contribution is -2.30. The third kappa shape index (κ3) is 3.32. The molecule has 1 aliphatic carbocycles. The van der Waals surface area contributed by atoms with Gasteiger partial charge in [0.05, 0.1) is 0 Å². The molecule has 0 fully saturated rings. The summed E-state index contributed by atoms with van der Waals surface area (Å²) in [5.74, 6) is 0.300. The number of halogens is 1. The SMILES string of the molecule is CCCCCCC1c2cc(Cl)ccc2-c2ccc(B(O)O)cc21. The van der Waals surface area contributed by atoms with Crippen LogP contribution in [-0.4, -0.2) is 17.2 Å². The Kier molecular flexibility index (Phi) is 5.10. The highest BCUT2D eigenvalue weighted by atomic mass is 35.5. The van der Waals surface area contributed by atoms with Gasteiger partial charge in [0.2, 0.25) is 0 Å². The van der Waals surface area contributed by atoms with Gasteiger partial charge in [-0.25, -0.2) is 0 Å². The molecule has 0 amide bonds. The Morgan fingerprint density at radius 3 is 2.35 bits per heavy atom. The van der Waals surface area contributed by atoms with Gasteiger partial charge in [-0.1, -0.05) is 68.5 Å². The lowest BCUT2D eigenvalue weighted by atomic mass is 9.77. The fraction of sp³-hybridized carbons (Fsp3) is 0.368. The van der Waals surface area contributed by atoms with E-state index in [2.05, 4.69) is 19.1 Å². The minimum atomic E-state index is -1.42. The van der Waals surface area contributed by atoms with Crippen LogP contribution in [0.2, 0.25) is 5.02 Å². The minimum absolute atomic E-state index is 0.300. The monoisotopic (exact) mass is 328 g/mol. The summed E-state index contributed by atoms with van der Waals surface area (Å²) in [6.45, 7) is 2.22. The molecule has 4 heteroatoms. The van der Waals surface area contributed by atoms with E-state index < -0.39 is 7.12 Å². The minimum Gasteiger partial charge on any atom is -0.423 e. The van der Waals surface area contributed by atoms with Crippen molar-refractivity contribution >= 4 is 24.2 Å². The molecule has 1 aliphatic rings. The number of benzene rings is 2. The normalized spacial score (nSPS) is 15.4. The van der Waals surface area contributed by atoms with E-state index >= 15 is 0 Å². The molecule has 2 N–H and O–H groups in total. The van der Waals surface area contributed by atoms with Gasteiger partial charge < -0.3 is 10.0 Å². The summed E-state index contributed by atoms with van der Waals surface area (Å²) in [4.78, 5) is 0. The number of hydrogen-bond donors (Lipinski definition) is 2. The summed E-state index contributed by atoms with van der Waals surface area (Å²) >= 11 is 6.22. The van der Waals surface area contributed by atoms with Crippen LogP contribution in [0.5, 0.6) is 0 Å². The predicted molar refractivity (Wildman–Crippen MR) is 97.3 cm³/mol. The summed E-state index contributed by atoms with van der Waals surface area (Å²) in [5.41, 5.74) is 5.45. The molecule has 1 unspecified atom stereocenters. The van der Waals surface area contributed by atoms with Crippen LogP contribution < -0.4 is 5.46 Å². The quantitative estimate of drug-likeness (QED) is 0.619. The second kappa shape index (κ2) is 7.08. The van der Waals surface area contributed by atoms with Crippen LogP contribution in [0.15, 0.2) is 36.4 Å². The predicted octanol–water partition coefficient (Wildman–Crippen LogP) is 4.10. The second-order valence-corrected chi connectivity index (χ2v) is 6.79. The molecule has 0 radical (unpaired) electrons. The van der Waals surface area contributed by atoms with Gasteiger partial charge in [0, 0.05) is 10.9 Å². The number of fused-ring (bicyclic) bond motifs is 3. The van der Waals surface area contributed by atoms with Gasteiger partial charge in [0.1, 0.15) is 0 Å². The zero-order valence-corrected chi connectivity index (χ0v) is 14.2. The molecule has 120 valence electrons. The van der Waals surface area contributed by atoms with Gasteiger partial charge in [0.15, 0.2) is 0 Å². The third-order valence-electron chi connectivity index (χ3n) is 4.77. The van der Waals surface area contributed by atoms with E-state index in [9.17, 15) is 10.0 Å². The maximum Gasteiger partial charge on any atom is 0.488 e. The molecular weight excluding hydrogens is 306 g/mol. The molecule has 3 rings (SSSR count). The molecule has 0 spiro atoms. The van der Waals surface area contributed by atoms with Crippen LogP contribution in [0.4, 0.5) is 0 Å². The Balaban J connectivity index is 1.97.